The molecular formula is C11H24N2O2. The topological polar surface area (TPSA) is 64.3 Å². The minimum Gasteiger partial charge on any atom is -0.354 e. The smallest absolute Gasteiger partial charge is 0.354 e. The molecule has 0 saturated carbocycles. The lowest BCUT2D eigenvalue weighted by Gasteiger charge is -2.03. The highest BCUT2D eigenvalue weighted by Crippen LogP contribution is 2.07. The molecule has 0 aromatic rings. The molecule has 0 aliphatic carbocycles. The summed E-state index contributed by atoms with van der Waals surface area (Å²) in [5.41, 5.74) is 7.30. The molecule has 90 valence electrons. The number of carbonyl (C=O) groups excluding carboxylic acids is 1. The first-order chi connectivity index (χ1) is 7.27. The molecule has 1 amide bonds. The van der Waals surface area contributed by atoms with Crippen molar-refractivity contribution in [3.63, 3.8) is 0 Å². The average Bonchev–Trinajstić information content (AvgIpc) is 2.20. The molecule has 0 radical (unpaired) electrons. The number of unbranched alkanes of at least 4 members (excludes halogenated alkanes) is 7. The summed E-state index contributed by atoms with van der Waals surface area (Å²) in [5.74, 6) is 0. The predicted molar refractivity (Wildman–Crippen MR) is 61.3 cm³/mol. The fourth-order valence-electron chi connectivity index (χ4n) is 1.45. The molecule has 0 saturated heterocycles. The van der Waals surface area contributed by atoms with Gasteiger partial charge in [0.15, 0.2) is 0 Å². The van der Waals surface area contributed by atoms with Crippen molar-refractivity contribution in [3.05, 3.63) is 0 Å². The van der Waals surface area contributed by atoms with Gasteiger partial charge in [-0.25, -0.2) is 4.79 Å². The molecule has 0 fully saturated rings. The van der Waals surface area contributed by atoms with E-state index in [0.717, 1.165) is 6.42 Å². The summed E-state index contributed by atoms with van der Waals surface area (Å²) >= 11 is 0. The Morgan fingerprint density at radius 1 is 1.07 bits per heavy atom. The Bertz CT molecular complexity index is 152. The van der Waals surface area contributed by atoms with Gasteiger partial charge in [0.1, 0.15) is 0 Å². The van der Waals surface area contributed by atoms with Crippen molar-refractivity contribution in [2.75, 3.05) is 6.54 Å². The molecule has 0 bridgehead atoms. The molecule has 0 spiro atoms. The molecule has 4 nitrogen and oxygen atoms in total. The van der Waals surface area contributed by atoms with Gasteiger partial charge in [-0.15, -0.1) is 0 Å². The molecule has 3 N–H and O–H groups in total. The number of carbonyl (C=O) groups is 1. The van der Waals surface area contributed by atoms with E-state index in [-0.39, 0.29) is 0 Å². The molecular weight excluding hydrogens is 192 g/mol. The molecule has 15 heavy (non-hydrogen) atoms. The highest BCUT2D eigenvalue weighted by atomic mass is 16.7. The Balaban J connectivity index is 2.89. The van der Waals surface area contributed by atoms with Gasteiger partial charge < -0.3 is 10.6 Å². The third-order valence-corrected chi connectivity index (χ3v) is 2.31. The first-order valence-electron chi connectivity index (χ1n) is 5.96. The van der Waals surface area contributed by atoms with Crippen molar-refractivity contribution < 1.29 is 9.63 Å². The molecule has 0 unspecified atom stereocenters. The second kappa shape index (κ2) is 11.3. The quantitative estimate of drug-likeness (QED) is 0.436. The van der Waals surface area contributed by atoms with Crippen LogP contribution in [0, 0.1) is 0 Å². The van der Waals surface area contributed by atoms with Crippen LogP contribution in [-0.4, -0.2) is 12.6 Å². The number of hydrogen-bond donors (Lipinski definition) is 2. The van der Waals surface area contributed by atoms with Crippen molar-refractivity contribution in [2.45, 2.75) is 58.3 Å². The maximum absolute atomic E-state index is 10.2. The summed E-state index contributed by atoms with van der Waals surface area (Å²) in [6.45, 7) is 2.92. The van der Waals surface area contributed by atoms with Crippen LogP contribution in [0.15, 0.2) is 0 Å². The van der Waals surface area contributed by atoms with Crippen molar-refractivity contribution in [1.82, 2.24) is 5.48 Å². The van der Waals surface area contributed by atoms with Crippen molar-refractivity contribution in [3.8, 4) is 0 Å². The first kappa shape index (κ1) is 14.2. The maximum atomic E-state index is 10.2. The number of rotatable bonds is 10. The molecule has 0 aliphatic heterocycles. The van der Waals surface area contributed by atoms with Crippen LogP contribution in [-0.2, 0) is 4.84 Å². The van der Waals surface area contributed by atoms with E-state index < -0.39 is 6.09 Å². The third kappa shape index (κ3) is 13.2. The average molecular weight is 216 g/mol. The zero-order valence-corrected chi connectivity index (χ0v) is 9.76. The first-order valence-corrected chi connectivity index (χ1v) is 5.96. The number of nitrogens with two attached hydrogens (primary N) is 1. The van der Waals surface area contributed by atoms with Gasteiger partial charge in [0, 0.05) is 6.54 Å². The van der Waals surface area contributed by atoms with Gasteiger partial charge in [0.05, 0.1) is 0 Å². The van der Waals surface area contributed by atoms with Gasteiger partial charge in [0.2, 0.25) is 0 Å². The van der Waals surface area contributed by atoms with Crippen LogP contribution in [0.4, 0.5) is 4.79 Å². The van der Waals surface area contributed by atoms with E-state index in [4.69, 9.17) is 5.73 Å². The minimum atomic E-state index is -0.769. The van der Waals surface area contributed by atoms with Crippen LogP contribution < -0.4 is 11.2 Å². The fraction of sp³-hybridized carbons (Fsp3) is 0.909. The van der Waals surface area contributed by atoms with Gasteiger partial charge in [-0.1, -0.05) is 51.9 Å². The number of primary amides is 1. The number of amides is 1. The Kier molecular flexibility index (Phi) is 10.7. The third-order valence-electron chi connectivity index (χ3n) is 2.31. The standard InChI is InChI=1S/C11H24N2O2/c1-2-3-4-5-6-7-8-9-10-13-15-11(12)14/h13H,2-10H2,1H3,(H2,12,14). The highest BCUT2D eigenvalue weighted by Gasteiger charge is 1.93. The van der Waals surface area contributed by atoms with Crippen LogP contribution in [0.5, 0.6) is 0 Å². The van der Waals surface area contributed by atoms with Crippen LogP contribution in [0.25, 0.3) is 0 Å². The summed E-state index contributed by atoms with van der Waals surface area (Å²) in [7, 11) is 0. The Morgan fingerprint density at radius 3 is 2.13 bits per heavy atom. The van der Waals surface area contributed by atoms with Crippen molar-refractivity contribution >= 4 is 6.09 Å². The van der Waals surface area contributed by atoms with Crippen LogP contribution in [0.3, 0.4) is 0 Å². The SMILES string of the molecule is CCCCCCCCCCNOC(N)=O. The van der Waals surface area contributed by atoms with Crippen molar-refractivity contribution in [1.29, 1.82) is 0 Å². The number of nitrogens with one attached hydrogen (secondary N) is 1. The van der Waals surface area contributed by atoms with Crippen LogP contribution in [0.1, 0.15) is 58.3 Å². The van der Waals surface area contributed by atoms with E-state index in [0.29, 0.717) is 6.54 Å². The lowest BCUT2D eigenvalue weighted by atomic mass is 10.1. The second-order valence-corrected chi connectivity index (χ2v) is 3.79. The molecule has 0 heterocycles. The normalized spacial score (nSPS) is 10.2. The monoisotopic (exact) mass is 216 g/mol. The van der Waals surface area contributed by atoms with Crippen LogP contribution >= 0.6 is 0 Å². The number of hydrogen-bond acceptors (Lipinski definition) is 3. The Labute approximate surface area is 92.5 Å². The van der Waals surface area contributed by atoms with E-state index in [1.807, 2.05) is 0 Å². The van der Waals surface area contributed by atoms with E-state index in [1.54, 1.807) is 0 Å². The Hall–Kier alpha value is -0.770. The molecule has 0 aromatic carbocycles. The maximum Gasteiger partial charge on any atom is 0.423 e. The summed E-state index contributed by atoms with van der Waals surface area (Å²) in [5, 5.41) is 0. The predicted octanol–water partition coefficient (Wildman–Crippen LogP) is 2.73. The summed E-state index contributed by atoms with van der Waals surface area (Å²) in [4.78, 5) is 14.6. The van der Waals surface area contributed by atoms with Crippen molar-refractivity contribution in [2.24, 2.45) is 5.73 Å². The van der Waals surface area contributed by atoms with Gasteiger partial charge >= 0.3 is 6.09 Å². The van der Waals surface area contributed by atoms with E-state index in [2.05, 4.69) is 17.2 Å². The summed E-state index contributed by atoms with van der Waals surface area (Å²) < 4.78 is 0. The fourth-order valence-corrected chi connectivity index (χ4v) is 1.45. The largest absolute Gasteiger partial charge is 0.423 e. The zero-order valence-electron chi connectivity index (χ0n) is 9.76. The van der Waals surface area contributed by atoms with Crippen LogP contribution in [0.2, 0.25) is 0 Å². The summed E-state index contributed by atoms with van der Waals surface area (Å²) in [6.07, 6.45) is 9.39. The molecule has 0 rings (SSSR count). The lowest BCUT2D eigenvalue weighted by molar-refractivity contribution is 0.0977. The van der Waals surface area contributed by atoms with Gasteiger partial charge in [-0.3, -0.25) is 0 Å². The van der Waals surface area contributed by atoms with Gasteiger partial charge in [-0.05, 0) is 6.42 Å². The number of hydroxylamine groups is 1. The molecule has 4 heteroatoms. The lowest BCUT2D eigenvalue weighted by Crippen LogP contribution is -2.25. The molecule has 0 atom stereocenters. The Morgan fingerprint density at radius 2 is 1.60 bits per heavy atom. The minimum absolute atomic E-state index is 0.692. The van der Waals surface area contributed by atoms with E-state index in [1.165, 1.54) is 44.9 Å². The van der Waals surface area contributed by atoms with Gasteiger partial charge in [-0.2, -0.15) is 5.48 Å². The van der Waals surface area contributed by atoms with E-state index >= 15 is 0 Å². The zero-order chi connectivity index (χ0) is 11.4. The molecule has 0 aromatic heterocycles. The van der Waals surface area contributed by atoms with Gasteiger partial charge in [0.25, 0.3) is 0 Å². The summed E-state index contributed by atoms with van der Waals surface area (Å²) in [6, 6.07) is 0. The molecule has 0 aliphatic rings. The second-order valence-electron chi connectivity index (χ2n) is 3.79. The van der Waals surface area contributed by atoms with E-state index in [9.17, 15) is 4.79 Å². The highest BCUT2D eigenvalue weighted by molar-refractivity contribution is 5.64.